The zero-order chi connectivity index (χ0) is 16.9. The normalized spacial score (nSPS) is 10.8. The number of aromatic nitrogens is 2. The summed E-state index contributed by atoms with van der Waals surface area (Å²) in [4.78, 5) is 21.0. The lowest BCUT2D eigenvalue weighted by Gasteiger charge is -2.09. The molecule has 2 aromatic heterocycles. The van der Waals surface area contributed by atoms with Crippen LogP contribution in [0.25, 0.3) is 10.9 Å². The van der Waals surface area contributed by atoms with Gasteiger partial charge in [-0.3, -0.25) is 9.78 Å². The Morgan fingerprint density at radius 3 is 2.88 bits per heavy atom. The van der Waals surface area contributed by atoms with E-state index in [0.29, 0.717) is 12.2 Å². The number of nitrogens with zero attached hydrogens (tertiary/aromatic N) is 2. The maximum absolute atomic E-state index is 12.4. The largest absolute Gasteiger partial charge is 0.346 e. The van der Waals surface area contributed by atoms with Crippen LogP contribution in [0, 0.1) is 0 Å². The fourth-order valence-electron chi connectivity index (χ4n) is 2.52. The second-order valence-corrected chi connectivity index (χ2v) is 6.24. The van der Waals surface area contributed by atoms with Crippen molar-refractivity contribution in [3.05, 3.63) is 64.5 Å². The van der Waals surface area contributed by atoms with Gasteiger partial charge in [-0.25, -0.2) is 4.98 Å². The number of pyridine rings is 2. The number of halogens is 1. The minimum atomic E-state index is -0.188. The molecule has 3 aromatic rings. The van der Waals surface area contributed by atoms with Gasteiger partial charge in [0.25, 0.3) is 5.91 Å². The third-order valence-corrected chi connectivity index (χ3v) is 4.29. The van der Waals surface area contributed by atoms with E-state index in [1.807, 2.05) is 24.3 Å². The van der Waals surface area contributed by atoms with E-state index in [1.54, 1.807) is 18.5 Å². The number of quaternary nitrogens is 1. The van der Waals surface area contributed by atoms with E-state index in [1.165, 1.54) is 0 Å². The van der Waals surface area contributed by atoms with Gasteiger partial charge in [0.05, 0.1) is 16.5 Å². The minimum absolute atomic E-state index is 0.188. The fraction of sp³-hybridized carbons (Fsp3) is 0.167. The Morgan fingerprint density at radius 2 is 2.04 bits per heavy atom. The van der Waals surface area contributed by atoms with Crippen molar-refractivity contribution in [2.45, 2.75) is 13.5 Å². The molecule has 122 valence electrons. The number of hydrogen-bond donors (Lipinski definition) is 2. The summed E-state index contributed by atoms with van der Waals surface area (Å²) in [5.74, 6) is -0.188. The third-order valence-electron chi connectivity index (χ3n) is 3.71. The van der Waals surface area contributed by atoms with Gasteiger partial charge in [0.15, 0.2) is 0 Å². The maximum Gasteiger partial charge on any atom is 0.270 e. The van der Waals surface area contributed by atoms with Crippen molar-refractivity contribution in [3.8, 4) is 0 Å². The van der Waals surface area contributed by atoms with E-state index in [-0.39, 0.29) is 5.91 Å². The number of nitrogens with two attached hydrogens (primary N) is 1. The van der Waals surface area contributed by atoms with Crippen LogP contribution in [0.4, 0.5) is 5.69 Å². The van der Waals surface area contributed by atoms with Crippen molar-refractivity contribution in [2.75, 3.05) is 6.54 Å². The molecule has 0 atom stereocenters. The molecule has 0 aliphatic rings. The molecular formula is C18H18BrN4O+. The lowest BCUT2D eigenvalue weighted by atomic mass is 10.1. The lowest BCUT2D eigenvalue weighted by Crippen LogP contribution is -2.77. The number of hydrogen-bond acceptors (Lipinski definition) is 3. The van der Waals surface area contributed by atoms with E-state index in [9.17, 15) is 4.79 Å². The van der Waals surface area contributed by atoms with Gasteiger partial charge in [0.1, 0.15) is 11.4 Å². The van der Waals surface area contributed by atoms with E-state index < -0.39 is 0 Å². The van der Waals surface area contributed by atoms with Crippen molar-refractivity contribution in [3.63, 3.8) is 0 Å². The predicted octanol–water partition coefficient (Wildman–Crippen LogP) is 2.54. The van der Waals surface area contributed by atoms with Crippen LogP contribution in [-0.2, 0) is 6.54 Å². The molecule has 1 aromatic carbocycles. The molecule has 24 heavy (non-hydrogen) atoms. The number of rotatable bonds is 5. The van der Waals surface area contributed by atoms with Gasteiger partial charge in [-0.15, -0.1) is 0 Å². The SMILES string of the molecule is CC[NH2+]c1ccccc1CNC(=O)c1ccc2cncc(Br)c2n1. The smallest absolute Gasteiger partial charge is 0.270 e. The van der Waals surface area contributed by atoms with Crippen molar-refractivity contribution < 1.29 is 10.1 Å². The van der Waals surface area contributed by atoms with Crippen LogP contribution in [0.3, 0.4) is 0 Å². The summed E-state index contributed by atoms with van der Waals surface area (Å²) in [5.41, 5.74) is 3.38. The van der Waals surface area contributed by atoms with Crippen LogP contribution < -0.4 is 10.6 Å². The second-order valence-electron chi connectivity index (χ2n) is 5.38. The van der Waals surface area contributed by atoms with Crippen LogP contribution >= 0.6 is 15.9 Å². The topological polar surface area (TPSA) is 71.5 Å². The summed E-state index contributed by atoms with van der Waals surface area (Å²) in [5, 5.41) is 5.99. The Kier molecular flexibility index (Phi) is 5.17. The number of amides is 1. The Bertz CT molecular complexity index is 882. The predicted molar refractivity (Wildman–Crippen MR) is 97.0 cm³/mol. The van der Waals surface area contributed by atoms with Gasteiger partial charge in [-0.2, -0.15) is 0 Å². The summed E-state index contributed by atoms with van der Waals surface area (Å²) in [6, 6.07) is 11.6. The molecule has 0 bridgehead atoms. The molecule has 0 aliphatic heterocycles. The molecule has 0 saturated carbocycles. The average molecular weight is 386 g/mol. The van der Waals surface area contributed by atoms with Crippen molar-refractivity contribution >= 4 is 38.4 Å². The number of fused-ring (bicyclic) bond motifs is 1. The van der Waals surface area contributed by atoms with E-state index in [4.69, 9.17) is 0 Å². The van der Waals surface area contributed by atoms with Crippen LogP contribution in [0.15, 0.2) is 53.3 Å². The molecule has 5 nitrogen and oxygen atoms in total. The van der Waals surface area contributed by atoms with E-state index in [2.05, 4.69) is 49.5 Å². The summed E-state index contributed by atoms with van der Waals surface area (Å²) in [6.45, 7) is 3.53. The van der Waals surface area contributed by atoms with Crippen molar-refractivity contribution in [1.82, 2.24) is 15.3 Å². The van der Waals surface area contributed by atoms with Gasteiger partial charge in [-0.05, 0) is 41.1 Å². The molecule has 3 rings (SSSR count). The Hall–Kier alpha value is -2.31. The summed E-state index contributed by atoms with van der Waals surface area (Å²) in [7, 11) is 0. The molecular weight excluding hydrogens is 368 g/mol. The highest BCUT2D eigenvalue weighted by atomic mass is 79.9. The second kappa shape index (κ2) is 7.51. The molecule has 2 heterocycles. The van der Waals surface area contributed by atoms with Crippen molar-refractivity contribution in [1.29, 1.82) is 0 Å². The van der Waals surface area contributed by atoms with Crippen LogP contribution in [0.2, 0.25) is 0 Å². The van der Waals surface area contributed by atoms with Gasteiger partial charge >= 0.3 is 0 Å². The first-order valence-corrected chi connectivity index (χ1v) is 8.58. The minimum Gasteiger partial charge on any atom is -0.346 e. The Balaban J connectivity index is 1.77. The molecule has 0 fully saturated rings. The summed E-state index contributed by atoms with van der Waals surface area (Å²) in [6.07, 6.45) is 3.40. The quantitative estimate of drug-likeness (QED) is 0.662. The van der Waals surface area contributed by atoms with Crippen LogP contribution in [-0.4, -0.2) is 22.4 Å². The third kappa shape index (κ3) is 3.60. The molecule has 0 aliphatic carbocycles. The van der Waals surface area contributed by atoms with E-state index >= 15 is 0 Å². The number of carbonyl (C=O) groups is 1. The highest BCUT2D eigenvalue weighted by Crippen LogP contribution is 2.20. The molecule has 0 saturated heterocycles. The number of nitrogens with one attached hydrogen (secondary N) is 1. The molecule has 0 unspecified atom stereocenters. The molecule has 6 heteroatoms. The zero-order valence-electron chi connectivity index (χ0n) is 13.3. The highest BCUT2D eigenvalue weighted by molar-refractivity contribution is 9.10. The fourth-order valence-corrected chi connectivity index (χ4v) is 2.95. The first kappa shape index (κ1) is 16.5. The van der Waals surface area contributed by atoms with Gasteiger partial charge in [-0.1, -0.05) is 18.2 Å². The molecule has 0 spiro atoms. The molecule has 0 radical (unpaired) electrons. The zero-order valence-corrected chi connectivity index (χ0v) is 14.9. The van der Waals surface area contributed by atoms with Gasteiger partial charge in [0.2, 0.25) is 0 Å². The lowest BCUT2D eigenvalue weighted by molar-refractivity contribution is -0.568. The number of carbonyl (C=O) groups excluding carboxylic acids is 1. The highest BCUT2D eigenvalue weighted by Gasteiger charge is 2.11. The van der Waals surface area contributed by atoms with Crippen molar-refractivity contribution in [2.24, 2.45) is 0 Å². The Morgan fingerprint density at radius 1 is 1.21 bits per heavy atom. The maximum atomic E-state index is 12.4. The monoisotopic (exact) mass is 385 g/mol. The molecule has 3 N–H and O–H groups in total. The number of para-hydroxylation sites is 1. The van der Waals surface area contributed by atoms with Crippen LogP contribution in [0.1, 0.15) is 23.0 Å². The van der Waals surface area contributed by atoms with Gasteiger partial charge < -0.3 is 10.6 Å². The Labute approximate surface area is 148 Å². The molecule has 1 amide bonds. The van der Waals surface area contributed by atoms with Gasteiger partial charge in [0, 0.05) is 29.9 Å². The number of benzene rings is 1. The van der Waals surface area contributed by atoms with Crippen LogP contribution in [0.5, 0.6) is 0 Å². The average Bonchev–Trinajstić information content (AvgIpc) is 2.61. The standard InChI is InChI=1S/C18H17BrN4O/c1-2-21-15-6-4-3-5-12(15)10-22-18(24)16-8-7-13-9-20-11-14(19)17(13)23-16/h3-9,11,21H,2,10H2,1H3,(H,22,24)/p+1. The summed E-state index contributed by atoms with van der Waals surface area (Å²) >= 11 is 3.42. The van der Waals surface area contributed by atoms with E-state index in [0.717, 1.165) is 33.2 Å². The first-order valence-electron chi connectivity index (χ1n) is 7.78. The first-order chi connectivity index (χ1) is 11.7. The summed E-state index contributed by atoms with van der Waals surface area (Å²) < 4.78 is 0.776.